The van der Waals surface area contributed by atoms with E-state index in [0.717, 1.165) is 6.92 Å². The van der Waals surface area contributed by atoms with Gasteiger partial charge in [0.1, 0.15) is 5.69 Å². The van der Waals surface area contributed by atoms with E-state index in [4.69, 9.17) is 17.3 Å². The number of aromatic nitrogens is 2. The van der Waals surface area contributed by atoms with Crippen molar-refractivity contribution in [2.45, 2.75) is 45.3 Å². The Morgan fingerprint density at radius 3 is 2.52 bits per heavy atom. The number of nitrogens with zero attached hydrogens (tertiary/aromatic N) is 3. The first-order valence-electron chi connectivity index (χ1n) is 9.01. The van der Waals surface area contributed by atoms with E-state index in [0.29, 0.717) is 28.5 Å². The fourth-order valence-electron chi connectivity index (χ4n) is 3.04. The van der Waals surface area contributed by atoms with Crippen molar-refractivity contribution in [2.24, 2.45) is 5.73 Å². The van der Waals surface area contributed by atoms with Gasteiger partial charge in [0, 0.05) is 24.1 Å². The van der Waals surface area contributed by atoms with Gasteiger partial charge >= 0.3 is 6.03 Å². The molecule has 29 heavy (non-hydrogen) atoms. The molecule has 1 aliphatic rings. The molecule has 0 aliphatic carbocycles. The molecule has 1 aromatic carbocycles. The molecular weight excluding hydrogens is 404 g/mol. The monoisotopic (exact) mass is 425 g/mol. The zero-order valence-corrected chi connectivity index (χ0v) is 17.1. The van der Waals surface area contributed by atoms with Crippen molar-refractivity contribution in [3.8, 4) is 11.3 Å². The smallest absolute Gasteiger partial charge is 0.318 e. The lowest BCUT2D eigenvalue weighted by Gasteiger charge is -2.36. The van der Waals surface area contributed by atoms with Crippen LogP contribution in [0.15, 0.2) is 24.3 Å². The maximum Gasteiger partial charge on any atom is 0.318 e. The van der Waals surface area contributed by atoms with E-state index in [1.807, 2.05) is 0 Å². The van der Waals surface area contributed by atoms with E-state index in [1.165, 1.54) is 18.7 Å². The molecule has 0 radical (unpaired) electrons. The lowest BCUT2D eigenvalue weighted by atomic mass is 9.98. The number of rotatable bonds is 4. The van der Waals surface area contributed by atoms with Crippen LogP contribution in [0.3, 0.4) is 0 Å². The molecule has 3 rings (SSSR count). The first-order valence-corrected chi connectivity index (χ1v) is 9.39. The molecule has 0 bridgehead atoms. The molecule has 7 nitrogen and oxygen atoms in total. The summed E-state index contributed by atoms with van der Waals surface area (Å²) in [4.78, 5) is 26.1. The van der Waals surface area contributed by atoms with E-state index in [2.05, 4.69) is 10.4 Å². The molecule has 2 aromatic rings. The summed E-state index contributed by atoms with van der Waals surface area (Å²) in [5.74, 6) is -3.80. The quantitative estimate of drug-likeness (QED) is 0.787. The number of alkyl halides is 2. The molecule has 156 valence electrons. The summed E-state index contributed by atoms with van der Waals surface area (Å²) in [6, 6.07) is 6.20. The summed E-state index contributed by atoms with van der Waals surface area (Å²) < 4.78 is 29.1. The topological polar surface area (TPSA) is 93.2 Å². The normalized spacial score (nSPS) is 14.5. The van der Waals surface area contributed by atoms with Crippen LogP contribution < -0.4 is 11.1 Å². The number of benzene rings is 1. The molecule has 1 aliphatic heterocycles. The SMILES string of the molecule is CC(F)(F)C(C)(C)NC(=O)N1CCn2nc(-c3cccc(Cl)c3)c(C(N)=O)c2C1. The number of amides is 3. The van der Waals surface area contributed by atoms with Gasteiger partial charge in [0.15, 0.2) is 0 Å². The van der Waals surface area contributed by atoms with Gasteiger partial charge in [-0.25, -0.2) is 13.6 Å². The molecule has 2 heterocycles. The van der Waals surface area contributed by atoms with E-state index in [-0.39, 0.29) is 18.7 Å². The van der Waals surface area contributed by atoms with Crippen molar-refractivity contribution in [1.82, 2.24) is 20.0 Å². The number of fused-ring (bicyclic) bond motifs is 1. The number of hydrogen-bond acceptors (Lipinski definition) is 3. The summed E-state index contributed by atoms with van der Waals surface area (Å²) >= 11 is 6.04. The molecule has 0 spiro atoms. The predicted octanol–water partition coefficient (Wildman–Crippen LogP) is 3.26. The summed E-state index contributed by atoms with van der Waals surface area (Å²) in [5.41, 5.74) is 5.49. The standard InChI is InChI=1S/C19H22ClF2N5O2/c1-18(2,19(3,21)22)24-17(29)26-7-8-27-13(10-26)14(16(23)28)15(25-27)11-5-4-6-12(20)9-11/h4-6,9H,7-8,10H2,1-3H3,(H2,23,28)(H,24,29). The highest BCUT2D eigenvalue weighted by atomic mass is 35.5. The van der Waals surface area contributed by atoms with E-state index < -0.39 is 23.4 Å². The minimum atomic E-state index is -3.11. The molecule has 0 atom stereocenters. The summed E-state index contributed by atoms with van der Waals surface area (Å²) in [5, 5.41) is 7.31. The average Bonchev–Trinajstić information content (AvgIpc) is 2.99. The maximum absolute atomic E-state index is 13.7. The predicted molar refractivity (Wildman–Crippen MR) is 105 cm³/mol. The number of nitrogens with two attached hydrogens (primary N) is 1. The molecule has 0 saturated heterocycles. The number of primary amides is 1. The van der Waals surface area contributed by atoms with Crippen molar-refractivity contribution in [2.75, 3.05) is 6.54 Å². The van der Waals surface area contributed by atoms with Gasteiger partial charge in [-0.1, -0.05) is 23.7 Å². The number of hydrogen-bond donors (Lipinski definition) is 2. The van der Waals surface area contributed by atoms with Crippen molar-refractivity contribution in [1.29, 1.82) is 0 Å². The molecule has 3 amide bonds. The zero-order chi connectivity index (χ0) is 21.6. The van der Waals surface area contributed by atoms with Crippen LogP contribution in [0, 0.1) is 0 Å². The van der Waals surface area contributed by atoms with E-state index in [1.54, 1.807) is 28.9 Å². The third kappa shape index (κ3) is 4.05. The maximum atomic E-state index is 13.7. The molecule has 3 N–H and O–H groups in total. The third-order valence-electron chi connectivity index (χ3n) is 5.13. The zero-order valence-electron chi connectivity index (χ0n) is 16.3. The Balaban J connectivity index is 1.92. The number of nitrogens with one attached hydrogen (secondary N) is 1. The largest absolute Gasteiger partial charge is 0.365 e. The fraction of sp³-hybridized carbons (Fsp3) is 0.421. The Morgan fingerprint density at radius 2 is 1.93 bits per heavy atom. The Labute approximate surface area is 171 Å². The van der Waals surface area contributed by atoms with Crippen LogP contribution in [0.25, 0.3) is 11.3 Å². The summed E-state index contributed by atoms with van der Waals surface area (Å²) in [7, 11) is 0. The Hall–Kier alpha value is -2.68. The van der Waals surface area contributed by atoms with Gasteiger partial charge in [-0.15, -0.1) is 0 Å². The molecule has 0 fully saturated rings. The average molecular weight is 426 g/mol. The van der Waals surface area contributed by atoms with Crippen molar-refractivity contribution in [3.63, 3.8) is 0 Å². The van der Waals surface area contributed by atoms with E-state index in [9.17, 15) is 18.4 Å². The van der Waals surface area contributed by atoms with Gasteiger partial charge in [-0.3, -0.25) is 9.48 Å². The van der Waals surface area contributed by atoms with E-state index >= 15 is 0 Å². The highest BCUT2D eigenvalue weighted by Crippen LogP contribution is 2.31. The molecule has 1 aromatic heterocycles. The Morgan fingerprint density at radius 1 is 1.24 bits per heavy atom. The Bertz CT molecular complexity index is 968. The lowest BCUT2D eigenvalue weighted by Crippen LogP contribution is -2.58. The lowest BCUT2D eigenvalue weighted by molar-refractivity contribution is -0.0547. The number of carbonyl (C=O) groups excluding carboxylic acids is 2. The number of carbonyl (C=O) groups is 2. The minimum Gasteiger partial charge on any atom is -0.365 e. The highest BCUT2D eigenvalue weighted by molar-refractivity contribution is 6.30. The first-order chi connectivity index (χ1) is 13.4. The van der Waals surface area contributed by atoms with Crippen LogP contribution in [0.1, 0.15) is 36.8 Å². The number of halogens is 3. The van der Waals surface area contributed by atoms with Gasteiger partial charge < -0.3 is 16.0 Å². The van der Waals surface area contributed by atoms with Crippen molar-refractivity contribution in [3.05, 3.63) is 40.5 Å². The Kier molecular flexibility index (Phi) is 5.29. The van der Waals surface area contributed by atoms with Crippen molar-refractivity contribution < 1.29 is 18.4 Å². The molecular formula is C19H22ClF2N5O2. The molecule has 10 heteroatoms. The fourth-order valence-corrected chi connectivity index (χ4v) is 3.23. The van der Waals surface area contributed by atoms with Crippen LogP contribution in [0.2, 0.25) is 5.02 Å². The second-order valence-electron chi connectivity index (χ2n) is 7.63. The second kappa shape index (κ2) is 7.29. The van der Waals surface area contributed by atoms with Crippen LogP contribution >= 0.6 is 11.6 Å². The molecule has 0 unspecified atom stereocenters. The van der Waals surface area contributed by atoms with Gasteiger partial charge in [0.05, 0.1) is 29.9 Å². The summed E-state index contributed by atoms with van der Waals surface area (Å²) in [6.07, 6.45) is 0. The van der Waals surface area contributed by atoms with Gasteiger partial charge in [0.25, 0.3) is 11.8 Å². The van der Waals surface area contributed by atoms with Gasteiger partial charge in [0.2, 0.25) is 0 Å². The van der Waals surface area contributed by atoms with Crippen LogP contribution in [-0.4, -0.2) is 44.6 Å². The van der Waals surface area contributed by atoms with Gasteiger partial charge in [-0.2, -0.15) is 5.10 Å². The molecule has 0 saturated carbocycles. The van der Waals surface area contributed by atoms with Crippen LogP contribution in [0.5, 0.6) is 0 Å². The first kappa shape index (κ1) is 21.0. The minimum absolute atomic E-state index is 0.0169. The second-order valence-corrected chi connectivity index (χ2v) is 8.07. The van der Waals surface area contributed by atoms with Crippen LogP contribution in [-0.2, 0) is 13.1 Å². The van der Waals surface area contributed by atoms with Gasteiger partial charge in [-0.05, 0) is 26.0 Å². The number of urea groups is 1. The third-order valence-corrected chi connectivity index (χ3v) is 5.36. The highest BCUT2D eigenvalue weighted by Gasteiger charge is 2.44. The summed E-state index contributed by atoms with van der Waals surface area (Å²) in [6.45, 7) is 3.83. The van der Waals surface area contributed by atoms with Crippen molar-refractivity contribution >= 4 is 23.5 Å². The van der Waals surface area contributed by atoms with Crippen LogP contribution in [0.4, 0.5) is 13.6 Å².